The molecule has 0 spiro atoms. The molecule has 14 heavy (non-hydrogen) atoms. The van der Waals surface area contributed by atoms with Crippen LogP contribution in [0, 0.1) is 0 Å². The maximum absolute atomic E-state index is 11.1. The van der Waals surface area contributed by atoms with E-state index < -0.39 is 12.1 Å². The smallest absolute Gasteiger partial charge is 0.334 e. The van der Waals surface area contributed by atoms with Gasteiger partial charge in [-0.25, -0.2) is 4.79 Å². The average molecular weight is 220 g/mol. The first-order valence-electron chi connectivity index (χ1n) is 5.06. The van der Waals surface area contributed by atoms with Gasteiger partial charge in [0.1, 0.15) is 0 Å². The third-order valence-corrected chi connectivity index (χ3v) is 2.50. The van der Waals surface area contributed by atoms with Crippen LogP contribution < -0.4 is 0 Å². The molecule has 84 valence electrons. The van der Waals surface area contributed by atoms with Crippen LogP contribution in [0.5, 0.6) is 0 Å². The fourth-order valence-corrected chi connectivity index (χ4v) is 1.43. The fourth-order valence-electron chi connectivity index (χ4n) is 0.968. The predicted octanol–water partition coefficient (Wildman–Crippen LogP) is 1.83. The van der Waals surface area contributed by atoms with Crippen LogP contribution in [0.15, 0.2) is 0 Å². The minimum Gasteiger partial charge on any atom is -0.464 e. The van der Waals surface area contributed by atoms with Crippen molar-refractivity contribution in [2.24, 2.45) is 0 Å². The molecule has 0 amide bonds. The second-order valence-corrected chi connectivity index (χ2v) is 4.16. The number of thioether (sulfide) groups is 1. The van der Waals surface area contributed by atoms with Gasteiger partial charge in [0.05, 0.1) is 6.61 Å². The fraction of sp³-hybridized carbons (Fsp3) is 0.900. The van der Waals surface area contributed by atoms with Gasteiger partial charge in [-0.1, -0.05) is 19.8 Å². The standard InChI is InChI=1S/C10H20O3S/c1-3-4-5-7-13-10(12)9(11)6-8-14-2/h9,11H,3-8H2,1-2H3. The Bertz CT molecular complexity index is 150. The maximum Gasteiger partial charge on any atom is 0.334 e. The van der Waals surface area contributed by atoms with Gasteiger partial charge in [-0.15, -0.1) is 0 Å². The molecule has 1 unspecified atom stereocenters. The van der Waals surface area contributed by atoms with Gasteiger partial charge < -0.3 is 9.84 Å². The molecule has 0 aliphatic heterocycles. The van der Waals surface area contributed by atoms with Crippen molar-refractivity contribution in [3.8, 4) is 0 Å². The van der Waals surface area contributed by atoms with Crippen LogP contribution in [0.1, 0.15) is 32.6 Å². The average Bonchev–Trinajstić information content (AvgIpc) is 2.20. The normalized spacial score (nSPS) is 12.5. The highest BCUT2D eigenvalue weighted by Crippen LogP contribution is 2.03. The Morgan fingerprint density at radius 1 is 1.50 bits per heavy atom. The summed E-state index contributed by atoms with van der Waals surface area (Å²) in [7, 11) is 0. The highest BCUT2D eigenvalue weighted by Gasteiger charge is 2.15. The summed E-state index contributed by atoms with van der Waals surface area (Å²) in [6.45, 7) is 2.53. The summed E-state index contributed by atoms with van der Waals surface area (Å²) in [5.74, 6) is 0.306. The summed E-state index contributed by atoms with van der Waals surface area (Å²) in [4.78, 5) is 11.1. The van der Waals surface area contributed by atoms with Gasteiger partial charge in [-0.2, -0.15) is 11.8 Å². The first kappa shape index (κ1) is 13.8. The van der Waals surface area contributed by atoms with Crippen molar-refractivity contribution >= 4 is 17.7 Å². The van der Waals surface area contributed by atoms with E-state index in [1.807, 2.05) is 6.26 Å². The van der Waals surface area contributed by atoms with Gasteiger partial charge >= 0.3 is 5.97 Å². The van der Waals surface area contributed by atoms with Gasteiger partial charge in [0, 0.05) is 0 Å². The molecule has 0 aromatic rings. The van der Waals surface area contributed by atoms with E-state index in [0.29, 0.717) is 13.0 Å². The predicted molar refractivity (Wildman–Crippen MR) is 59.5 cm³/mol. The molecule has 4 heteroatoms. The van der Waals surface area contributed by atoms with E-state index in [0.717, 1.165) is 25.0 Å². The Morgan fingerprint density at radius 3 is 2.79 bits per heavy atom. The lowest BCUT2D eigenvalue weighted by molar-refractivity contribution is -0.153. The summed E-state index contributed by atoms with van der Waals surface area (Å²) in [5.41, 5.74) is 0. The highest BCUT2D eigenvalue weighted by molar-refractivity contribution is 7.98. The lowest BCUT2D eigenvalue weighted by atomic mass is 10.2. The molecule has 0 saturated carbocycles. The molecule has 0 aromatic heterocycles. The summed E-state index contributed by atoms with van der Waals surface area (Å²) in [5, 5.41) is 9.32. The minimum absolute atomic E-state index is 0.434. The Kier molecular flexibility index (Phi) is 9.19. The molecule has 0 heterocycles. The van der Waals surface area contributed by atoms with Gasteiger partial charge in [0.2, 0.25) is 0 Å². The van der Waals surface area contributed by atoms with Gasteiger partial charge in [-0.05, 0) is 24.9 Å². The van der Waals surface area contributed by atoms with Crippen molar-refractivity contribution < 1.29 is 14.6 Å². The number of ether oxygens (including phenoxy) is 1. The third kappa shape index (κ3) is 7.21. The first-order valence-corrected chi connectivity index (χ1v) is 6.45. The van der Waals surface area contributed by atoms with Crippen LogP contribution in [0.25, 0.3) is 0 Å². The second kappa shape index (κ2) is 9.34. The molecule has 0 rings (SSSR count). The Labute approximate surface area is 90.2 Å². The van der Waals surface area contributed by atoms with E-state index >= 15 is 0 Å². The minimum atomic E-state index is -0.941. The zero-order chi connectivity index (χ0) is 10.8. The summed E-state index contributed by atoms with van der Waals surface area (Å²) in [6, 6.07) is 0. The SMILES string of the molecule is CCCCCOC(=O)C(O)CCSC. The molecule has 0 bridgehead atoms. The molecule has 1 atom stereocenters. The van der Waals surface area contributed by atoms with Crippen LogP contribution in [0.3, 0.4) is 0 Å². The van der Waals surface area contributed by atoms with E-state index in [-0.39, 0.29) is 0 Å². The number of aliphatic hydroxyl groups excluding tert-OH is 1. The van der Waals surface area contributed by atoms with Crippen molar-refractivity contribution in [2.75, 3.05) is 18.6 Å². The summed E-state index contributed by atoms with van der Waals surface area (Å²) in [6.07, 6.45) is 4.54. The van der Waals surface area contributed by atoms with Crippen molar-refractivity contribution in [3.63, 3.8) is 0 Å². The molecule has 1 N–H and O–H groups in total. The number of hydrogen-bond acceptors (Lipinski definition) is 4. The molecule has 0 aliphatic rings. The largest absolute Gasteiger partial charge is 0.464 e. The lowest BCUT2D eigenvalue weighted by Gasteiger charge is -2.09. The van der Waals surface area contributed by atoms with Crippen LogP contribution in [0.2, 0.25) is 0 Å². The molecule has 0 fully saturated rings. The van der Waals surface area contributed by atoms with E-state index in [9.17, 15) is 9.90 Å². The monoisotopic (exact) mass is 220 g/mol. The summed E-state index contributed by atoms with van der Waals surface area (Å²) < 4.78 is 4.90. The number of unbranched alkanes of at least 4 members (excludes halogenated alkanes) is 2. The topological polar surface area (TPSA) is 46.5 Å². The van der Waals surface area contributed by atoms with Gasteiger partial charge in [0.15, 0.2) is 6.10 Å². The van der Waals surface area contributed by atoms with Gasteiger partial charge in [0.25, 0.3) is 0 Å². The van der Waals surface area contributed by atoms with E-state index in [1.54, 1.807) is 11.8 Å². The zero-order valence-corrected chi connectivity index (χ0v) is 9.81. The van der Waals surface area contributed by atoms with Crippen molar-refractivity contribution in [1.82, 2.24) is 0 Å². The van der Waals surface area contributed by atoms with E-state index in [2.05, 4.69) is 6.92 Å². The zero-order valence-electron chi connectivity index (χ0n) is 8.99. The van der Waals surface area contributed by atoms with Crippen LogP contribution in [-0.2, 0) is 9.53 Å². The molecule has 0 radical (unpaired) electrons. The van der Waals surface area contributed by atoms with Crippen LogP contribution in [0.4, 0.5) is 0 Å². The summed E-state index contributed by atoms with van der Waals surface area (Å²) >= 11 is 1.61. The number of rotatable bonds is 8. The van der Waals surface area contributed by atoms with Crippen LogP contribution in [-0.4, -0.2) is 35.8 Å². The molecular formula is C10H20O3S. The maximum atomic E-state index is 11.1. The quantitative estimate of drug-likeness (QED) is 0.501. The third-order valence-electron chi connectivity index (χ3n) is 1.86. The Balaban J connectivity index is 3.42. The first-order chi connectivity index (χ1) is 6.72. The molecule has 0 aromatic carbocycles. The van der Waals surface area contributed by atoms with E-state index in [1.165, 1.54) is 0 Å². The number of aliphatic hydroxyl groups is 1. The van der Waals surface area contributed by atoms with Crippen molar-refractivity contribution in [2.45, 2.75) is 38.7 Å². The van der Waals surface area contributed by atoms with Crippen molar-refractivity contribution in [1.29, 1.82) is 0 Å². The molecular weight excluding hydrogens is 200 g/mol. The number of carbonyl (C=O) groups is 1. The second-order valence-electron chi connectivity index (χ2n) is 3.17. The molecule has 0 saturated heterocycles. The Hall–Kier alpha value is -0.220. The number of hydrogen-bond donors (Lipinski definition) is 1. The van der Waals surface area contributed by atoms with E-state index in [4.69, 9.17) is 4.74 Å². The van der Waals surface area contributed by atoms with Crippen molar-refractivity contribution in [3.05, 3.63) is 0 Å². The van der Waals surface area contributed by atoms with Gasteiger partial charge in [-0.3, -0.25) is 0 Å². The van der Waals surface area contributed by atoms with Crippen LogP contribution >= 0.6 is 11.8 Å². The molecule has 3 nitrogen and oxygen atoms in total. The number of carbonyl (C=O) groups excluding carboxylic acids is 1. The molecule has 0 aliphatic carbocycles. The Morgan fingerprint density at radius 2 is 2.21 bits per heavy atom. The number of esters is 1. The highest BCUT2D eigenvalue weighted by atomic mass is 32.2. The lowest BCUT2D eigenvalue weighted by Crippen LogP contribution is -2.24.